The Morgan fingerprint density at radius 3 is 2.05 bits per heavy atom. The first-order chi connectivity index (χ1) is 10.2. The lowest BCUT2D eigenvalue weighted by Gasteiger charge is -2.17. The fourth-order valence-electron chi connectivity index (χ4n) is 2.13. The summed E-state index contributed by atoms with van der Waals surface area (Å²) in [5, 5.41) is 0. The van der Waals surface area contributed by atoms with Crippen molar-refractivity contribution in [3.05, 3.63) is 47.8 Å². The Bertz CT molecular complexity index is 564. The van der Waals surface area contributed by atoms with Crippen molar-refractivity contribution in [3.8, 4) is 17.2 Å². The van der Waals surface area contributed by atoms with Crippen molar-refractivity contribution in [3.63, 3.8) is 0 Å². The van der Waals surface area contributed by atoms with E-state index in [2.05, 4.69) is 20.9 Å². The quantitative estimate of drug-likeness (QED) is 0.742. The van der Waals surface area contributed by atoms with Gasteiger partial charge in [0.2, 0.25) is 5.75 Å². The van der Waals surface area contributed by atoms with Crippen LogP contribution in [0.1, 0.15) is 16.0 Å². The third kappa shape index (κ3) is 3.67. The molecule has 1 heterocycles. The number of rotatable bonds is 6. The van der Waals surface area contributed by atoms with E-state index in [4.69, 9.17) is 14.2 Å². The lowest BCUT2D eigenvalue weighted by Crippen LogP contribution is -2.00. The van der Waals surface area contributed by atoms with E-state index in [9.17, 15) is 0 Å². The van der Waals surface area contributed by atoms with Crippen molar-refractivity contribution >= 4 is 15.9 Å². The molecule has 0 aliphatic rings. The fourth-order valence-corrected chi connectivity index (χ4v) is 2.76. The van der Waals surface area contributed by atoms with Gasteiger partial charge in [0, 0.05) is 17.2 Å². The molecular weight excluding hydrogens is 334 g/mol. The van der Waals surface area contributed by atoms with Gasteiger partial charge in [-0.1, -0.05) is 15.9 Å². The highest BCUT2D eigenvalue weighted by Gasteiger charge is 2.17. The number of methoxy groups -OCH3 is 3. The number of nitrogens with zero attached hydrogens (tertiary/aromatic N) is 1. The summed E-state index contributed by atoms with van der Waals surface area (Å²) in [5.74, 6) is 1.92. The van der Waals surface area contributed by atoms with Gasteiger partial charge in [0.15, 0.2) is 11.5 Å². The Kier molecular flexibility index (Phi) is 5.44. The van der Waals surface area contributed by atoms with Crippen molar-refractivity contribution in [2.24, 2.45) is 0 Å². The van der Waals surface area contributed by atoms with Crippen LogP contribution >= 0.6 is 15.9 Å². The van der Waals surface area contributed by atoms with Crippen LogP contribution in [0.5, 0.6) is 17.2 Å². The Morgan fingerprint density at radius 2 is 1.57 bits per heavy atom. The van der Waals surface area contributed by atoms with Gasteiger partial charge in [0.05, 0.1) is 21.3 Å². The van der Waals surface area contributed by atoms with Gasteiger partial charge >= 0.3 is 0 Å². The van der Waals surface area contributed by atoms with Crippen LogP contribution in [0.4, 0.5) is 0 Å². The molecule has 5 heteroatoms. The van der Waals surface area contributed by atoms with E-state index in [0.717, 1.165) is 12.0 Å². The lowest BCUT2D eigenvalue weighted by molar-refractivity contribution is 0.324. The Balaban J connectivity index is 2.30. The molecule has 0 N–H and O–H groups in total. The highest BCUT2D eigenvalue weighted by atomic mass is 79.9. The first-order valence-corrected chi connectivity index (χ1v) is 7.44. The van der Waals surface area contributed by atoms with E-state index in [0.29, 0.717) is 17.2 Å². The minimum atomic E-state index is 0.147. The number of halogens is 1. The molecule has 1 aromatic carbocycles. The van der Waals surface area contributed by atoms with E-state index in [-0.39, 0.29) is 4.83 Å². The van der Waals surface area contributed by atoms with Gasteiger partial charge in [-0.25, -0.2) is 0 Å². The average molecular weight is 352 g/mol. The molecule has 4 nitrogen and oxygen atoms in total. The predicted molar refractivity (Wildman–Crippen MR) is 85.7 cm³/mol. The molecule has 21 heavy (non-hydrogen) atoms. The number of pyridine rings is 1. The van der Waals surface area contributed by atoms with Crippen molar-refractivity contribution in [2.45, 2.75) is 11.2 Å². The van der Waals surface area contributed by atoms with Gasteiger partial charge in [0.1, 0.15) is 0 Å². The number of hydrogen-bond donors (Lipinski definition) is 0. The molecule has 0 saturated carbocycles. The standard InChI is InChI=1S/C16H18BrNO3/c1-19-14-9-12(10-15(20-2)16(14)21-3)13(17)8-11-4-6-18-7-5-11/h4-7,9-10,13H,8H2,1-3H3. The van der Waals surface area contributed by atoms with Crippen molar-refractivity contribution in [2.75, 3.05) is 21.3 Å². The third-order valence-corrected chi connectivity index (χ3v) is 4.07. The van der Waals surface area contributed by atoms with Crippen LogP contribution in [0.15, 0.2) is 36.7 Å². The molecule has 0 fully saturated rings. The maximum atomic E-state index is 5.38. The number of ether oxygens (including phenoxy) is 3. The lowest BCUT2D eigenvalue weighted by atomic mass is 10.0. The van der Waals surface area contributed by atoms with Crippen LogP contribution in [0.2, 0.25) is 0 Å². The second kappa shape index (κ2) is 7.31. The van der Waals surface area contributed by atoms with E-state index in [1.54, 1.807) is 33.7 Å². The zero-order chi connectivity index (χ0) is 15.2. The highest BCUT2D eigenvalue weighted by molar-refractivity contribution is 9.09. The molecule has 1 aromatic heterocycles. The number of hydrogen-bond acceptors (Lipinski definition) is 4. The van der Waals surface area contributed by atoms with Gasteiger partial charge in [-0.05, 0) is 41.8 Å². The van der Waals surface area contributed by atoms with E-state index in [1.165, 1.54) is 5.56 Å². The molecule has 2 aromatic rings. The van der Waals surface area contributed by atoms with Crippen LogP contribution in [0, 0.1) is 0 Å². The molecule has 2 rings (SSSR count). The first-order valence-electron chi connectivity index (χ1n) is 6.52. The van der Waals surface area contributed by atoms with Gasteiger partial charge in [-0.2, -0.15) is 0 Å². The molecule has 1 unspecified atom stereocenters. The summed E-state index contributed by atoms with van der Waals surface area (Å²) < 4.78 is 16.1. The summed E-state index contributed by atoms with van der Waals surface area (Å²) in [6.07, 6.45) is 4.44. The first kappa shape index (κ1) is 15.6. The summed E-state index contributed by atoms with van der Waals surface area (Å²) in [6, 6.07) is 7.93. The molecule has 0 aliphatic heterocycles. The molecule has 0 bridgehead atoms. The second-order valence-electron chi connectivity index (χ2n) is 4.49. The van der Waals surface area contributed by atoms with E-state index >= 15 is 0 Å². The Labute approximate surface area is 133 Å². The van der Waals surface area contributed by atoms with Crippen molar-refractivity contribution in [1.29, 1.82) is 0 Å². The van der Waals surface area contributed by atoms with Crippen LogP contribution in [0.3, 0.4) is 0 Å². The summed E-state index contributed by atoms with van der Waals surface area (Å²) in [6.45, 7) is 0. The second-order valence-corrected chi connectivity index (χ2v) is 5.59. The molecule has 0 aliphatic carbocycles. The summed E-state index contributed by atoms with van der Waals surface area (Å²) >= 11 is 3.72. The smallest absolute Gasteiger partial charge is 0.203 e. The van der Waals surface area contributed by atoms with Gasteiger partial charge in [-0.15, -0.1) is 0 Å². The largest absolute Gasteiger partial charge is 0.493 e. The van der Waals surface area contributed by atoms with Crippen LogP contribution in [-0.4, -0.2) is 26.3 Å². The van der Waals surface area contributed by atoms with E-state index < -0.39 is 0 Å². The molecule has 0 spiro atoms. The fraction of sp³-hybridized carbons (Fsp3) is 0.312. The molecule has 112 valence electrons. The van der Waals surface area contributed by atoms with Crippen LogP contribution < -0.4 is 14.2 Å². The average Bonchev–Trinajstić information content (AvgIpc) is 2.54. The SMILES string of the molecule is COc1cc(C(Br)Cc2ccncc2)cc(OC)c1OC. The molecule has 0 saturated heterocycles. The summed E-state index contributed by atoms with van der Waals surface area (Å²) in [4.78, 5) is 4.18. The Hall–Kier alpha value is -1.75. The zero-order valence-electron chi connectivity index (χ0n) is 12.3. The molecule has 1 atom stereocenters. The number of benzene rings is 1. The van der Waals surface area contributed by atoms with Gasteiger partial charge in [-0.3, -0.25) is 4.98 Å². The molecule has 0 amide bonds. The van der Waals surface area contributed by atoms with Crippen molar-refractivity contribution in [1.82, 2.24) is 4.98 Å². The zero-order valence-corrected chi connectivity index (χ0v) is 13.9. The summed E-state index contributed by atoms with van der Waals surface area (Å²) in [7, 11) is 4.84. The monoisotopic (exact) mass is 351 g/mol. The minimum absolute atomic E-state index is 0.147. The van der Waals surface area contributed by atoms with E-state index in [1.807, 2.05) is 24.3 Å². The molecule has 0 radical (unpaired) electrons. The summed E-state index contributed by atoms with van der Waals surface area (Å²) in [5.41, 5.74) is 2.28. The third-order valence-electron chi connectivity index (χ3n) is 3.21. The van der Waals surface area contributed by atoms with Gasteiger partial charge in [0.25, 0.3) is 0 Å². The normalized spacial score (nSPS) is 11.8. The highest BCUT2D eigenvalue weighted by Crippen LogP contribution is 2.41. The van der Waals surface area contributed by atoms with Gasteiger partial charge < -0.3 is 14.2 Å². The number of alkyl halides is 1. The predicted octanol–water partition coefficient (Wildman–Crippen LogP) is 3.79. The topological polar surface area (TPSA) is 40.6 Å². The Morgan fingerprint density at radius 1 is 1.00 bits per heavy atom. The maximum absolute atomic E-state index is 5.38. The molecular formula is C16H18BrNO3. The number of aromatic nitrogens is 1. The van der Waals surface area contributed by atoms with Crippen molar-refractivity contribution < 1.29 is 14.2 Å². The maximum Gasteiger partial charge on any atom is 0.203 e. The minimum Gasteiger partial charge on any atom is -0.493 e. The van der Waals surface area contributed by atoms with Crippen LogP contribution in [0.25, 0.3) is 0 Å². The van der Waals surface area contributed by atoms with Crippen LogP contribution in [-0.2, 0) is 6.42 Å².